The van der Waals surface area contributed by atoms with Crippen molar-refractivity contribution in [2.45, 2.75) is 0 Å². The van der Waals surface area contributed by atoms with Gasteiger partial charge in [0, 0.05) is 11.9 Å². The van der Waals surface area contributed by atoms with Crippen LogP contribution in [-0.4, -0.2) is 22.7 Å². The lowest BCUT2D eigenvalue weighted by Gasteiger charge is -2.05. The molecule has 2 N–H and O–H groups in total. The second kappa shape index (κ2) is 4.58. The highest BCUT2D eigenvalue weighted by atomic mass is 16.2. The van der Waals surface area contributed by atoms with Gasteiger partial charge in [0.2, 0.25) is 0 Å². The van der Waals surface area contributed by atoms with Crippen LogP contribution >= 0.6 is 0 Å². The van der Waals surface area contributed by atoms with Gasteiger partial charge in [-0.1, -0.05) is 6.07 Å². The Hall–Kier alpha value is -3.02. The maximum atomic E-state index is 11.9. The Kier molecular flexibility index (Phi) is 2.76. The number of rotatable bonds is 2. The van der Waals surface area contributed by atoms with Gasteiger partial charge < -0.3 is 5.32 Å². The zero-order chi connectivity index (χ0) is 14.1. The van der Waals surface area contributed by atoms with Gasteiger partial charge in [-0.15, -0.1) is 0 Å². The Morgan fingerprint density at radius 2 is 1.85 bits per heavy atom. The molecule has 0 aliphatic carbocycles. The van der Waals surface area contributed by atoms with E-state index in [1.54, 1.807) is 24.3 Å². The summed E-state index contributed by atoms with van der Waals surface area (Å²) < 4.78 is 0. The summed E-state index contributed by atoms with van der Waals surface area (Å²) >= 11 is 0. The molecular weight excluding hydrogens is 258 g/mol. The van der Waals surface area contributed by atoms with Crippen LogP contribution in [0.3, 0.4) is 0 Å². The molecule has 1 aromatic heterocycles. The van der Waals surface area contributed by atoms with Gasteiger partial charge in [-0.3, -0.25) is 24.7 Å². The van der Waals surface area contributed by atoms with Gasteiger partial charge in [-0.05, 0) is 30.3 Å². The van der Waals surface area contributed by atoms with E-state index in [-0.39, 0.29) is 17.2 Å². The number of nitrogens with one attached hydrogen (secondary N) is 2. The second-order valence-electron chi connectivity index (χ2n) is 4.21. The molecule has 2 heterocycles. The lowest BCUT2D eigenvalue weighted by molar-refractivity contribution is 0.0878. The van der Waals surface area contributed by atoms with Crippen molar-refractivity contribution in [3.8, 4) is 0 Å². The molecule has 98 valence electrons. The number of imide groups is 1. The Bertz CT molecular complexity index is 726. The number of hydrogen-bond donors (Lipinski definition) is 2. The van der Waals surface area contributed by atoms with Crippen LogP contribution in [0.15, 0.2) is 42.6 Å². The summed E-state index contributed by atoms with van der Waals surface area (Å²) in [6, 6.07) is 9.54. The fourth-order valence-corrected chi connectivity index (χ4v) is 1.94. The molecular formula is C14H9N3O3. The number of fused-ring (bicyclic) bond motifs is 1. The summed E-state index contributed by atoms with van der Waals surface area (Å²) in [4.78, 5) is 38.8. The van der Waals surface area contributed by atoms with E-state index in [2.05, 4.69) is 15.6 Å². The third-order valence-corrected chi connectivity index (χ3v) is 2.89. The van der Waals surface area contributed by atoms with E-state index in [0.29, 0.717) is 11.3 Å². The first kappa shape index (κ1) is 12.0. The zero-order valence-electron chi connectivity index (χ0n) is 10.2. The van der Waals surface area contributed by atoms with Gasteiger partial charge in [0.05, 0.1) is 11.1 Å². The van der Waals surface area contributed by atoms with Crippen molar-refractivity contribution < 1.29 is 14.4 Å². The molecule has 0 spiro atoms. The molecule has 1 aliphatic heterocycles. The summed E-state index contributed by atoms with van der Waals surface area (Å²) in [5.74, 6) is -1.26. The van der Waals surface area contributed by atoms with Crippen LogP contribution in [0.5, 0.6) is 0 Å². The number of carbonyl (C=O) groups excluding carboxylic acids is 3. The molecule has 6 heteroatoms. The molecule has 20 heavy (non-hydrogen) atoms. The van der Waals surface area contributed by atoms with E-state index >= 15 is 0 Å². The Balaban J connectivity index is 1.86. The summed E-state index contributed by atoms with van der Waals surface area (Å²) in [5, 5.41) is 4.82. The number of anilines is 1. The predicted molar refractivity (Wildman–Crippen MR) is 70.4 cm³/mol. The quantitative estimate of drug-likeness (QED) is 0.801. The van der Waals surface area contributed by atoms with Gasteiger partial charge in [-0.2, -0.15) is 0 Å². The van der Waals surface area contributed by atoms with Crippen LogP contribution in [0, 0.1) is 0 Å². The van der Waals surface area contributed by atoms with Crippen LogP contribution in [0.1, 0.15) is 31.2 Å². The number of pyridine rings is 1. The van der Waals surface area contributed by atoms with Gasteiger partial charge in [0.15, 0.2) is 0 Å². The number of nitrogens with zero attached hydrogens (tertiary/aromatic N) is 1. The van der Waals surface area contributed by atoms with Crippen molar-refractivity contribution in [3.05, 3.63) is 59.4 Å². The van der Waals surface area contributed by atoms with Crippen LogP contribution in [0.2, 0.25) is 0 Å². The van der Waals surface area contributed by atoms with Crippen LogP contribution in [-0.2, 0) is 0 Å². The standard InChI is InChI=1S/C14H9N3O3/c18-12-9-5-4-8(7-10(9)13(19)17-12)16-14(20)11-3-1-2-6-15-11/h1-7H,(H,16,20)(H,17,18,19). The molecule has 2 aromatic rings. The van der Waals surface area contributed by atoms with Gasteiger partial charge >= 0.3 is 0 Å². The topological polar surface area (TPSA) is 88.2 Å². The van der Waals surface area contributed by atoms with Gasteiger partial charge in [-0.25, -0.2) is 0 Å². The number of carbonyl (C=O) groups is 3. The Morgan fingerprint density at radius 1 is 1.05 bits per heavy atom. The van der Waals surface area contributed by atoms with Crippen molar-refractivity contribution in [3.63, 3.8) is 0 Å². The van der Waals surface area contributed by atoms with Gasteiger partial charge in [0.1, 0.15) is 5.69 Å². The van der Waals surface area contributed by atoms with Gasteiger partial charge in [0.25, 0.3) is 17.7 Å². The molecule has 0 saturated carbocycles. The van der Waals surface area contributed by atoms with E-state index in [1.165, 1.54) is 18.3 Å². The van der Waals surface area contributed by atoms with Crippen molar-refractivity contribution in [2.24, 2.45) is 0 Å². The number of amides is 3. The normalized spacial score (nSPS) is 12.8. The van der Waals surface area contributed by atoms with Crippen molar-refractivity contribution in [2.75, 3.05) is 5.32 Å². The van der Waals surface area contributed by atoms with E-state index in [1.807, 2.05) is 0 Å². The SMILES string of the molecule is O=C(Nc1ccc2c(c1)C(=O)NC2=O)c1ccccn1. The lowest BCUT2D eigenvalue weighted by atomic mass is 10.1. The third kappa shape index (κ3) is 2.03. The second-order valence-corrected chi connectivity index (χ2v) is 4.21. The molecule has 0 bridgehead atoms. The molecule has 3 amide bonds. The zero-order valence-corrected chi connectivity index (χ0v) is 10.2. The summed E-state index contributed by atoms with van der Waals surface area (Å²) in [6.07, 6.45) is 1.52. The van der Waals surface area contributed by atoms with Crippen LogP contribution in [0.25, 0.3) is 0 Å². The Morgan fingerprint density at radius 3 is 2.60 bits per heavy atom. The Labute approximate surface area is 113 Å². The third-order valence-electron chi connectivity index (χ3n) is 2.89. The smallest absolute Gasteiger partial charge is 0.274 e. The highest BCUT2D eigenvalue weighted by molar-refractivity contribution is 6.22. The molecule has 0 saturated heterocycles. The van der Waals surface area contributed by atoms with Crippen molar-refractivity contribution in [1.82, 2.24) is 10.3 Å². The maximum Gasteiger partial charge on any atom is 0.274 e. The largest absolute Gasteiger partial charge is 0.321 e. The fourth-order valence-electron chi connectivity index (χ4n) is 1.94. The minimum absolute atomic E-state index is 0.258. The van der Waals surface area contributed by atoms with E-state index in [4.69, 9.17) is 0 Å². The fraction of sp³-hybridized carbons (Fsp3) is 0. The van der Waals surface area contributed by atoms with E-state index in [9.17, 15) is 14.4 Å². The van der Waals surface area contributed by atoms with E-state index in [0.717, 1.165) is 0 Å². The molecule has 3 rings (SSSR count). The summed E-state index contributed by atoms with van der Waals surface area (Å²) in [7, 11) is 0. The number of hydrogen-bond acceptors (Lipinski definition) is 4. The number of benzene rings is 1. The first-order chi connectivity index (χ1) is 9.65. The average molecular weight is 267 g/mol. The summed E-state index contributed by atoms with van der Waals surface area (Å²) in [5.41, 5.74) is 1.28. The average Bonchev–Trinajstić information content (AvgIpc) is 2.75. The molecule has 6 nitrogen and oxygen atoms in total. The molecule has 0 fully saturated rings. The molecule has 1 aromatic carbocycles. The monoisotopic (exact) mass is 267 g/mol. The number of aromatic nitrogens is 1. The molecule has 0 radical (unpaired) electrons. The van der Waals surface area contributed by atoms with E-state index < -0.39 is 11.8 Å². The highest BCUT2D eigenvalue weighted by Crippen LogP contribution is 2.20. The molecule has 0 atom stereocenters. The molecule has 1 aliphatic rings. The maximum absolute atomic E-state index is 11.9. The van der Waals surface area contributed by atoms with Crippen LogP contribution in [0.4, 0.5) is 5.69 Å². The van der Waals surface area contributed by atoms with Crippen molar-refractivity contribution in [1.29, 1.82) is 0 Å². The minimum Gasteiger partial charge on any atom is -0.321 e. The van der Waals surface area contributed by atoms with Crippen LogP contribution < -0.4 is 10.6 Å². The first-order valence-corrected chi connectivity index (χ1v) is 5.87. The minimum atomic E-state index is -0.459. The lowest BCUT2D eigenvalue weighted by Crippen LogP contribution is -2.19. The molecule has 0 unspecified atom stereocenters. The highest BCUT2D eigenvalue weighted by Gasteiger charge is 2.26. The first-order valence-electron chi connectivity index (χ1n) is 5.87. The predicted octanol–water partition coefficient (Wildman–Crippen LogP) is 1.22. The summed E-state index contributed by atoms with van der Waals surface area (Å²) in [6.45, 7) is 0. The van der Waals surface area contributed by atoms with Crippen molar-refractivity contribution >= 4 is 23.4 Å².